The first-order valence-corrected chi connectivity index (χ1v) is 7.01. The highest BCUT2D eigenvalue weighted by Crippen LogP contribution is 2.07. The van der Waals surface area contributed by atoms with Crippen molar-refractivity contribution in [3.63, 3.8) is 0 Å². The van der Waals surface area contributed by atoms with Gasteiger partial charge < -0.3 is 20.5 Å². The Labute approximate surface area is 120 Å². The van der Waals surface area contributed by atoms with Crippen LogP contribution in [-0.2, 0) is 0 Å². The lowest BCUT2D eigenvalue weighted by molar-refractivity contribution is 0.114. The minimum atomic E-state index is -0.508. The molecule has 1 aromatic rings. The zero-order valence-corrected chi connectivity index (χ0v) is 12.1. The molecule has 1 aromatic carbocycles. The van der Waals surface area contributed by atoms with Crippen LogP contribution in [-0.4, -0.2) is 36.9 Å². The molecule has 0 aliphatic rings. The molecule has 0 saturated heterocycles. The Bertz CT molecular complexity index is 384. The molecule has 0 radical (unpaired) electrons. The molecule has 112 valence electrons. The lowest BCUT2D eigenvalue weighted by Crippen LogP contribution is -2.42. The summed E-state index contributed by atoms with van der Waals surface area (Å²) in [5.41, 5.74) is 0. The molecule has 2 unspecified atom stereocenters. The average molecular weight is 280 g/mol. The van der Waals surface area contributed by atoms with Crippen LogP contribution in [0.4, 0.5) is 4.79 Å². The standard InChI is InChI=1S/C15H24N2O3/c1-3-12(2)14(18)11-17-15(19)16-9-10-20-13-7-5-4-6-8-13/h4-8,12,14,18H,3,9-11H2,1-2H3,(H2,16,17,19). The van der Waals surface area contributed by atoms with Crippen molar-refractivity contribution in [2.45, 2.75) is 26.4 Å². The monoisotopic (exact) mass is 280 g/mol. The highest BCUT2D eigenvalue weighted by atomic mass is 16.5. The van der Waals surface area contributed by atoms with Crippen LogP contribution in [0.3, 0.4) is 0 Å². The Morgan fingerprint density at radius 2 is 2.00 bits per heavy atom. The summed E-state index contributed by atoms with van der Waals surface area (Å²) in [5, 5.41) is 15.0. The summed E-state index contributed by atoms with van der Waals surface area (Å²) in [7, 11) is 0. The third kappa shape index (κ3) is 6.43. The number of rotatable bonds is 8. The van der Waals surface area contributed by atoms with Crippen LogP contribution in [0.1, 0.15) is 20.3 Å². The summed E-state index contributed by atoms with van der Waals surface area (Å²) in [4.78, 5) is 11.5. The van der Waals surface area contributed by atoms with Crippen LogP contribution in [0.2, 0.25) is 0 Å². The van der Waals surface area contributed by atoms with E-state index in [-0.39, 0.29) is 18.5 Å². The Hall–Kier alpha value is -1.75. The van der Waals surface area contributed by atoms with Crippen molar-refractivity contribution < 1.29 is 14.6 Å². The van der Waals surface area contributed by atoms with Gasteiger partial charge in [-0.3, -0.25) is 0 Å². The maximum Gasteiger partial charge on any atom is 0.315 e. The Morgan fingerprint density at radius 3 is 2.65 bits per heavy atom. The summed E-state index contributed by atoms with van der Waals surface area (Å²) in [6, 6.07) is 9.15. The molecule has 3 N–H and O–H groups in total. The van der Waals surface area contributed by atoms with E-state index in [1.807, 2.05) is 44.2 Å². The second kappa shape index (κ2) is 9.20. The molecule has 0 aliphatic heterocycles. The highest BCUT2D eigenvalue weighted by molar-refractivity contribution is 5.73. The largest absolute Gasteiger partial charge is 0.492 e. The fraction of sp³-hybridized carbons (Fsp3) is 0.533. The predicted molar refractivity (Wildman–Crippen MR) is 78.8 cm³/mol. The third-order valence-corrected chi connectivity index (χ3v) is 3.17. The van der Waals surface area contributed by atoms with Gasteiger partial charge in [-0.2, -0.15) is 0 Å². The number of hydrogen-bond donors (Lipinski definition) is 3. The van der Waals surface area contributed by atoms with Crippen molar-refractivity contribution in [1.29, 1.82) is 0 Å². The molecule has 0 aliphatic carbocycles. The molecule has 20 heavy (non-hydrogen) atoms. The quantitative estimate of drug-likeness (QED) is 0.636. The molecular weight excluding hydrogens is 256 g/mol. The van der Waals surface area contributed by atoms with Crippen LogP contribution in [0, 0.1) is 5.92 Å². The first kappa shape index (κ1) is 16.3. The molecule has 0 aromatic heterocycles. The van der Waals surface area contributed by atoms with E-state index in [4.69, 9.17) is 4.74 Å². The van der Waals surface area contributed by atoms with Gasteiger partial charge in [-0.05, 0) is 18.1 Å². The van der Waals surface area contributed by atoms with Crippen molar-refractivity contribution in [2.24, 2.45) is 5.92 Å². The zero-order chi connectivity index (χ0) is 14.8. The predicted octanol–water partition coefficient (Wildman–Crippen LogP) is 1.77. The summed E-state index contributed by atoms with van der Waals surface area (Å²) in [6.45, 7) is 5.05. The lowest BCUT2D eigenvalue weighted by atomic mass is 10.0. The number of aliphatic hydroxyl groups excluding tert-OH is 1. The maximum atomic E-state index is 11.5. The van der Waals surface area contributed by atoms with E-state index in [0.29, 0.717) is 13.2 Å². The lowest BCUT2D eigenvalue weighted by Gasteiger charge is -2.17. The zero-order valence-electron chi connectivity index (χ0n) is 12.1. The number of carbonyl (C=O) groups excluding carboxylic acids is 1. The number of ether oxygens (including phenoxy) is 1. The Morgan fingerprint density at radius 1 is 1.30 bits per heavy atom. The fourth-order valence-electron chi connectivity index (χ4n) is 1.58. The molecule has 0 fully saturated rings. The van der Waals surface area contributed by atoms with Gasteiger partial charge >= 0.3 is 6.03 Å². The fourth-order valence-corrected chi connectivity index (χ4v) is 1.58. The van der Waals surface area contributed by atoms with Gasteiger partial charge in [0.2, 0.25) is 0 Å². The Balaban J connectivity index is 2.08. The SMILES string of the molecule is CCC(C)C(O)CNC(=O)NCCOc1ccccc1. The van der Waals surface area contributed by atoms with Gasteiger partial charge in [0.05, 0.1) is 12.6 Å². The first-order valence-electron chi connectivity index (χ1n) is 7.01. The van der Waals surface area contributed by atoms with Gasteiger partial charge in [-0.25, -0.2) is 4.79 Å². The van der Waals surface area contributed by atoms with Gasteiger partial charge in [0, 0.05) is 6.54 Å². The number of amides is 2. The smallest absolute Gasteiger partial charge is 0.315 e. The number of para-hydroxylation sites is 1. The summed E-state index contributed by atoms with van der Waals surface area (Å²) >= 11 is 0. The second-order valence-corrected chi connectivity index (χ2v) is 4.75. The van der Waals surface area contributed by atoms with Crippen LogP contribution in [0.25, 0.3) is 0 Å². The van der Waals surface area contributed by atoms with Gasteiger partial charge in [0.1, 0.15) is 12.4 Å². The van der Waals surface area contributed by atoms with Crippen molar-refractivity contribution in [3.05, 3.63) is 30.3 Å². The van der Waals surface area contributed by atoms with Crippen LogP contribution in [0.5, 0.6) is 5.75 Å². The van der Waals surface area contributed by atoms with Gasteiger partial charge in [0.15, 0.2) is 0 Å². The van der Waals surface area contributed by atoms with E-state index < -0.39 is 6.10 Å². The molecule has 0 bridgehead atoms. The summed E-state index contributed by atoms with van der Waals surface area (Å²) in [6.07, 6.45) is 0.376. The topological polar surface area (TPSA) is 70.6 Å². The van der Waals surface area contributed by atoms with Crippen molar-refractivity contribution in [3.8, 4) is 5.75 Å². The molecule has 0 heterocycles. The average Bonchev–Trinajstić information content (AvgIpc) is 2.49. The van der Waals surface area contributed by atoms with Gasteiger partial charge in [-0.15, -0.1) is 0 Å². The molecular formula is C15H24N2O3. The van der Waals surface area contributed by atoms with Crippen molar-refractivity contribution >= 4 is 6.03 Å². The minimum Gasteiger partial charge on any atom is -0.492 e. The van der Waals surface area contributed by atoms with Crippen LogP contribution >= 0.6 is 0 Å². The summed E-state index contributed by atoms with van der Waals surface area (Å²) < 4.78 is 5.45. The number of carbonyl (C=O) groups is 1. The molecule has 5 heteroatoms. The van der Waals surface area contributed by atoms with Crippen LogP contribution in [0.15, 0.2) is 30.3 Å². The van der Waals surface area contributed by atoms with E-state index in [1.165, 1.54) is 0 Å². The van der Waals surface area contributed by atoms with Gasteiger partial charge in [-0.1, -0.05) is 38.5 Å². The third-order valence-electron chi connectivity index (χ3n) is 3.17. The molecule has 1 rings (SSSR count). The Kier molecular flexibility index (Phi) is 7.50. The molecule has 5 nitrogen and oxygen atoms in total. The van der Waals surface area contributed by atoms with E-state index in [0.717, 1.165) is 12.2 Å². The highest BCUT2D eigenvalue weighted by Gasteiger charge is 2.12. The van der Waals surface area contributed by atoms with Crippen LogP contribution < -0.4 is 15.4 Å². The first-order chi connectivity index (χ1) is 9.63. The molecule has 2 atom stereocenters. The van der Waals surface area contributed by atoms with E-state index in [1.54, 1.807) is 0 Å². The molecule has 0 saturated carbocycles. The van der Waals surface area contributed by atoms with E-state index in [2.05, 4.69) is 10.6 Å². The van der Waals surface area contributed by atoms with Crippen molar-refractivity contribution in [1.82, 2.24) is 10.6 Å². The number of hydrogen-bond acceptors (Lipinski definition) is 3. The van der Waals surface area contributed by atoms with E-state index in [9.17, 15) is 9.90 Å². The number of nitrogens with one attached hydrogen (secondary N) is 2. The summed E-state index contributed by atoms with van der Waals surface area (Å²) in [5.74, 6) is 0.957. The number of aliphatic hydroxyl groups is 1. The molecule has 0 spiro atoms. The maximum absolute atomic E-state index is 11.5. The molecule has 2 amide bonds. The number of urea groups is 1. The second-order valence-electron chi connectivity index (χ2n) is 4.75. The van der Waals surface area contributed by atoms with Crippen molar-refractivity contribution in [2.75, 3.05) is 19.7 Å². The normalized spacial score (nSPS) is 13.3. The van der Waals surface area contributed by atoms with E-state index >= 15 is 0 Å². The minimum absolute atomic E-state index is 0.178. The number of benzene rings is 1. The van der Waals surface area contributed by atoms with Gasteiger partial charge in [0.25, 0.3) is 0 Å².